The lowest BCUT2D eigenvalue weighted by Gasteiger charge is -2.31. The number of carbonyl (C=O) groups is 1. The predicted octanol–water partition coefficient (Wildman–Crippen LogP) is 3.87. The minimum absolute atomic E-state index is 0.0651. The molecular weight excluding hydrogens is 449 g/mol. The molecule has 1 aromatic carbocycles. The molecule has 34 heavy (non-hydrogen) atoms. The maximum absolute atomic E-state index is 13.3. The summed E-state index contributed by atoms with van der Waals surface area (Å²) in [6, 6.07) is 6.23. The van der Waals surface area contributed by atoms with Crippen LogP contribution in [0.2, 0.25) is 0 Å². The fourth-order valence-corrected chi connectivity index (χ4v) is 4.52. The molecule has 0 saturated carbocycles. The van der Waals surface area contributed by atoms with Crippen molar-refractivity contribution in [3.63, 3.8) is 0 Å². The van der Waals surface area contributed by atoms with Crippen molar-refractivity contribution in [1.82, 2.24) is 19.8 Å². The minimum atomic E-state index is -4.45. The van der Waals surface area contributed by atoms with Crippen LogP contribution in [0.25, 0.3) is 0 Å². The van der Waals surface area contributed by atoms with Gasteiger partial charge in [0.05, 0.1) is 11.3 Å². The number of piperidine rings is 1. The third kappa shape index (κ3) is 4.29. The number of nitrogens with one attached hydrogen (secondary N) is 1. The van der Waals surface area contributed by atoms with E-state index < -0.39 is 23.8 Å². The SMILES string of the molecule is CC(=O)N1CCC(Nc2nccc(C3C(c4cccc(C(F)(F)F)c4)N=C4OC=CN43)n2)CC1. The van der Waals surface area contributed by atoms with Crippen LogP contribution in [0.3, 0.4) is 0 Å². The monoisotopic (exact) mass is 472 g/mol. The number of aromatic nitrogens is 2. The van der Waals surface area contributed by atoms with Gasteiger partial charge in [-0.15, -0.1) is 0 Å². The summed E-state index contributed by atoms with van der Waals surface area (Å²) in [6.07, 6.45) is 1.91. The first-order valence-electron chi connectivity index (χ1n) is 11.0. The van der Waals surface area contributed by atoms with E-state index in [0.29, 0.717) is 36.3 Å². The number of benzene rings is 1. The van der Waals surface area contributed by atoms with Crippen molar-refractivity contribution in [2.75, 3.05) is 18.4 Å². The lowest BCUT2D eigenvalue weighted by Crippen LogP contribution is -2.41. The normalized spacial score (nSPS) is 22.4. The van der Waals surface area contributed by atoms with E-state index in [-0.39, 0.29) is 11.9 Å². The van der Waals surface area contributed by atoms with Crippen molar-refractivity contribution in [3.05, 3.63) is 65.8 Å². The van der Waals surface area contributed by atoms with Crippen molar-refractivity contribution in [2.45, 2.75) is 44.1 Å². The molecule has 4 heterocycles. The molecule has 0 aliphatic carbocycles. The molecule has 5 rings (SSSR count). The molecule has 0 bridgehead atoms. The summed E-state index contributed by atoms with van der Waals surface area (Å²) in [7, 11) is 0. The number of nitrogens with zero attached hydrogens (tertiary/aromatic N) is 5. The number of amidine groups is 1. The van der Waals surface area contributed by atoms with Crippen molar-refractivity contribution < 1.29 is 22.7 Å². The van der Waals surface area contributed by atoms with E-state index in [4.69, 9.17) is 4.74 Å². The van der Waals surface area contributed by atoms with Gasteiger partial charge in [-0.3, -0.25) is 9.69 Å². The van der Waals surface area contributed by atoms with Gasteiger partial charge in [0.25, 0.3) is 6.02 Å². The van der Waals surface area contributed by atoms with E-state index in [1.807, 2.05) is 4.90 Å². The van der Waals surface area contributed by atoms with Gasteiger partial charge in [0.15, 0.2) is 0 Å². The van der Waals surface area contributed by atoms with E-state index in [9.17, 15) is 18.0 Å². The molecule has 0 spiro atoms. The number of hydrogen-bond acceptors (Lipinski definition) is 7. The number of halogens is 3. The molecule has 1 fully saturated rings. The first-order valence-corrected chi connectivity index (χ1v) is 11.0. The van der Waals surface area contributed by atoms with Gasteiger partial charge in [0, 0.05) is 38.5 Å². The number of ether oxygens (including phenoxy) is 1. The Morgan fingerprint density at radius 1 is 1.21 bits per heavy atom. The maximum Gasteiger partial charge on any atom is 0.416 e. The number of rotatable bonds is 4. The second-order valence-electron chi connectivity index (χ2n) is 8.46. The zero-order valence-corrected chi connectivity index (χ0v) is 18.4. The van der Waals surface area contributed by atoms with E-state index in [0.717, 1.165) is 25.0 Å². The number of likely N-dealkylation sites (tertiary alicyclic amines) is 1. The molecule has 3 aliphatic rings. The Morgan fingerprint density at radius 3 is 2.74 bits per heavy atom. The third-order valence-electron chi connectivity index (χ3n) is 6.27. The number of aliphatic imine (C=N–C) groups is 1. The average molecular weight is 472 g/mol. The fourth-order valence-electron chi connectivity index (χ4n) is 4.52. The molecular formula is C23H23F3N6O2. The highest BCUT2D eigenvalue weighted by atomic mass is 19.4. The number of alkyl halides is 3. The van der Waals surface area contributed by atoms with E-state index in [1.165, 1.54) is 12.3 Å². The molecule has 11 heteroatoms. The Balaban J connectivity index is 1.40. The van der Waals surface area contributed by atoms with Crippen LogP contribution in [0.4, 0.5) is 19.1 Å². The third-order valence-corrected chi connectivity index (χ3v) is 6.27. The highest BCUT2D eigenvalue weighted by Crippen LogP contribution is 2.44. The van der Waals surface area contributed by atoms with Gasteiger partial charge in [-0.1, -0.05) is 12.1 Å². The minimum Gasteiger partial charge on any atom is -0.432 e. The summed E-state index contributed by atoms with van der Waals surface area (Å²) in [6.45, 7) is 2.90. The molecule has 3 aliphatic heterocycles. The molecule has 2 aromatic rings. The van der Waals surface area contributed by atoms with Crippen LogP contribution >= 0.6 is 0 Å². The number of anilines is 1. The van der Waals surface area contributed by atoms with Crippen molar-refractivity contribution in [2.24, 2.45) is 4.99 Å². The number of hydrogen-bond donors (Lipinski definition) is 1. The summed E-state index contributed by atoms with van der Waals surface area (Å²) >= 11 is 0. The smallest absolute Gasteiger partial charge is 0.416 e. The fraction of sp³-hybridized carbons (Fsp3) is 0.391. The average Bonchev–Trinajstić information content (AvgIpc) is 3.40. The molecule has 1 saturated heterocycles. The highest BCUT2D eigenvalue weighted by molar-refractivity contribution is 5.80. The molecule has 0 radical (unpaired) electrons. The van der Waals surface area contributed by atoms with Crippen LogP contribution in [0.1, 0.15) is 48.7 Å². The van der Waals surface area contributed by atoms with Gasteiger partial charge in [-0.05, 0) is 36.6 Å². The lowest BCUT2D eigenvalue weighted by molar-refractivity contribution is -0.137. The highest BCUT2D eigenvalue weighted by Gasteiger charge is 2.42. The Bertz CT molecular complexity index is 1140. The van der Waals surface area contributed by atoms with Gasteiger partial charge in [0.2, 0.25) is 11.9 Å². The van der Waals surface area contributed by atoms with Crippen LogP contribution in [0.5, 0.6) is 0 Å². The molecule has 1 N–H and O–H groups in total. The summed E-state index contributed by atoms with van der Waals surface area (Å²) in [5.74, 6) is 0.495. The zero-order chi connectivity index (χ0) is 23.9. The Morgan fingerprint density at radius 2 is 2.00 bits per heavy atom. The molecule has 2 unspecified atom stereocenters. The van der Waals surface area contributed by atoms with Gasteiger partial charge < -0.3 is 15.0 Å². The first kappa shape index (κ1) is 22.2. The first-order chi connectivity index (χ1) is 16.3. The standard InChI is InChI=1S/C23H23F3N6O2/c1-14(33)31-9-6-17(7-10-31)28-21-27-8-5-18(29-21)20-19(30-22-32(20)11-12-34-22)15-3-2-4-16(13-15)23(24,25)26/h2-5,8,11-13,17,19-20H,6-7,9-10H2,1H3,(H,27,28,29). The zero-order valence-electron chi connectivity index (χ0n) is 18.4. The number of carbonyl (C=O) groups excluding carboxylic acids is 1. The van der Waals surface area contributed by atoms with Gasteiger partial charge >= 0.3 is 6.18 Å². The van der Waals surface area contributed by atoms with E-state index >= 15 is 0 Å². The molecule has 1 amide bonds. The van der Waals surface area contributed by atoms with Crippen LogP contribution in [0.15, 0.2) is 54.0 Å². The number of amides is 1. The van der Waals surface area contributed by atoms with Crippen LogP contribution < -0.4 is 5.32 Å². The summed E-state index contributed by atoms with van der Waals surface area (Å²) < 4.78 is 45.4. The van der Waals surface area contributed by atoms with E-state index in [2.05, 4.69) is 20.3 Å². The number of fused-ring (bicyclic) bond motifs is 1. The second kappa shape index (κ2) is 8.62. The Labute approximate surface area is 194 Å². The van der Waals surface area contributed by atoms with E-state index in [1.54, 1.807) is 36.4 Å². The molecule has 178 valence electrons. The van der Waals surface area contributed by atoms with Crippen LogP contribution in [0, 0.1) is 0 Å². The molecule has 8 nitrogen and oxygen atoms in total. The molecule has 2 atom stereocenters. The predicted molar refractivity (Wildman–Crippen MR) is 117 cm³/mol. The summed E-state index contributed by atoms with van der Waals surface area (Å²) in [4.78, 5) is 28.7. The Kier molecular flexibility index (Phi) is 5.62. The van der Waals surface area contributed by atoms with Crippen LogP contribution in [-0.4, -0.2) is 50.8 Å². The van der Waals surface area contributed by atoms with Crippen molar-refractivity contribution in [3.8, 4) is 0 Å². The maximum atomic E-state index is 13.3. The van der Waals surface area contributed by atoms with Crippen molar-refractivity contribution in [1.29, 1.82) is 0 Å². The summed E-state index contributed by atoms with van der Waals surface area (Å²) in [5.41, 5.74) is 0.299. The largest absolute Gasteiger partial charge is 0.432 e. The topological polar surface area (TPSA) is 83.0 Å². The van der Waals surface area contributed by atoms with Gasteiger partial charge in [0.1, 0.15) is 18.3 Å². The lowest BCUT2D eigenvalue weighted by atomic mass is 9.96. The van der Waals surface area contributed by atoms with Crippen molar-refractivity contribution >= 4 is 17.9 Å². The molecule has 1 aromatic heterocycles. The second-order valence-corrected chi connectivity index (χ2v) is 8.46. The quantitative estimate of drug-likeness (QED) is 0.728. The summed E-state index contributed by atoms with van der Waals surface area (Å²) in [5, 5.41) is 3.33. The Hall–Kier alpha value is -3.63. The van der Waals surface area contributed by atoms with Crippen LogP contribution in [-0.2, 0) is 15.7 Å². The van der Waals surface area contributed by atoms with Gasteiger partial charge in [-0.2, -0.15) is 13.2 Å². The van der Waals surface area contributed by atoms with Gasteiger partial charge in [-0.25, -0.2) is 15.0 Å².